The number of hydrogen-bond acceptors (Lipinski definition) is 3. The summed E-state index contributed by atoms with van der Waals surface area (Å²) >= 11 is 5.31. The van der Waals surface area contributed by atoms with Crippen molar-refractivity contribution in [1.82, 2.24) is 5.32 Å². The Bertz CT molecular complexity index is 502. The molecule has 0 bridgehead atoms. The summed E-state index contributed by atoms with van der Waals surface area (Å²) in [6.45, 7) is 0.318. The van der Waals surface area contributed by atoms with Crippen molar-refractivity contribution < 1.29 is 13.2 Å². The van der Waals surface area contributed by atoms with Crippen molar-refractivity contribution in [2.24, 2.45) is 5.14 Å². The standard InChI is InChI=1S/C10H13ClN2O3S/c11-7-10(14)13-6-5-8-3-1-2-4-9(8)17(12,15)16/h1-4H,5-7H2,(H,13,14)(H2,12,15,16). The number of rotatable bonds is 5. The molecular weight excluding hydrogens is 264 g/mol. The van der Waals surface area contributed by atoms with Gasteiger partial charge >= 0.3 is 0 Å². The molecule has 0 aromatic heterocycles. The van der Waals surface area contributed by atoms with Crippen LogP contribution < -0.4 is 10.5 Å². The average molecular weight is 277 g/mol. The number of alkyl halides is 1. The van der Waals surface area contributed by atoms with Gasteiger partial charge in [-0.3, -0.25) is 4.79 Å². The summed E-state index contributed by atoms with van der Waals surface area (Å²) in [5, 5.41) is 7.63. The van der Waals surface area contributed by atoms with E-state index in [0.29, 0.717) is 18.5 Å². The fourth-order valence-electron chi connectivity index (χ4n) is 1.37. The predicted octanol–water partition coefficient (Wildman–Crippen LogP) is 0.232. The minimum absolute atomic E-state index is 0.0834. The van der Waals surface area contributed by atoms with Crippen LogP contribution in [0, 0.1) is 0 Å². The number of carbonyl (C=O) groups excluding carboxylic acids is 1. The average Bonchev–Trinajstić information content (AvgIpc) is 2.28. The molecule has 0 unspecified atom stereocenters. The van der Waals surface area contributed by atoms with Gasteiger partial charge in [0.1, 0.15) is 5.88 Å². The molecule has 0 saturated heterocycles. The van der Waals surface area contributed by atoms with Crippen molar-refractivity contribution >= 4 is 27.5 Å². The van der Waals surface area contributed by atoms with E-state index in [1.165, 1.54) is 6.07 Å². The number of sulfonamides is 1. The molecule has 1 aromatic rings. The third-order valence-electron chi connectivity index (χ3n) is 2.12. The van der Waals surface area contributed by atoms with Gasteiger partial charge in [-0.05, 0) is 18.1 Å². The highest BCUT2D eigenvalue weighted by molar-refractivity contribution is 7.89. The van der Waals surface area contributed by atoms with Crippen molar-refractivity contribution in [2.45, 2.75) is 11.3 Å². The van der Waals surface area contributed by atoms with Gasteiger partial charge in [-0.25, -0.2) is 13.6 Å². The van der Waals surface area contributed by atoms with Crippen molar-refractivity contribution in [3.05, 3.63) is 29.8 Å². The third-order valence-corrected chi connectivity index (χ3v) is 3.37. The van der Waals surface area contributed by atoms with Crippen molar-refractivity contribution in [3.63, 3.8) is 0 Å². The normalized spacial score (nSPS) is 11.2. The van der Waals surface area contributed by atoms with E-state index in [0.717, 1.165) is 0 Å². The monoisotopic (exact) mass is 276 g/mol. The molecule has 0 fully saturated rings. The summed E-state index contributed by atoms with van der Waals surface area (Å²) in [6, 6.07) is 6.41. The molecule has 5 nitrogen and oxygen atoms in total. The van der Waals surface area contributed by atoms with Crippen LogP contribution in [-0.4, -0.2) is 26.7 Å². The molecule has 0 aliphatic heterocycles. The quantitative estimate of drug-likeness (QED) is 0.755. The summed E-state index contributed by atoms with van der Waals surface area (Å²) in [5.74, 6) is -0.406. The van der Waals surface area contributed by atoms with Crippen LogP contribution in [0.4, 0.5) is 0 Å². The van der Waals surface area contributed by atoms with E-state index in [9.17, 15) is 13.2 Å². The van der Waals surface area contributed by atoms with Crippen LogP contribution >= 0.6 is 11.6 Å². The maximum atomic E-state index is 11.3. The SMILES string of the molecule is NS(=O)(=O)c1ccccc1CCNC(=O)CCl. The zero-order chi connectivity index (χ0) is 12.9. The molecule has 0 spiro atoms. The Morgan fingerprint density at radius 2 is 2.00 bits per heavy atom. The van der Waals surface area contributed by atoms with Gasteiger partial charge in [0.15, 0.2) is 0 Å². The van der Waals surface area contributed by atoms with E-state index < -0.39 is 10.0 Å². The fourth-order valence-corrected chi connectivity index (χ4v) is 2.27. The van der Waals surface area contributed by atoms with Crippen molar-refractivity contribution in [2.75, 3.05) is 12.4 Å². The molecule has 0 aliphatic carbocycles. The van der Waals surface area contributed by atoms with E-state index in [1.807, 2.05) is 0 Å². The van der Waals surface area contributed by atoms with Crippen LogP contribution in [0.25, 0.3) is 0 Å². The number of nitrogens with two attached hydrogens (primary N) is 1. The van der Waals surface area contributed by atoms with Gasteiger partial charge in [0.05, 0.1) is 4.90 Å². The Hall–Kier alpha value is -1.11. The highest BCUT2D eigenvalue weighted by atomic mass is 35.5. The second-order valence-corrected chi connectivity index (χ2v) is 5.18. The van der Waals surface area contributed by atoms with Crippen molar-refractivity contribution in [3.8, 4) is 0 Å². The minimum atomic E-state index is -3.73. The molecule has 0 atom stereocenters. The maximum Gasteiger partial charge on any atom is 0.238 e. The first-order valence-corrected chi connectivity index (χ1v) is 6.96. The topological polar surface area (TPSA) is 89.3 Å². The van der Waals surface area contributed by atoms with E-state index in [1.54, 1.807) is 18.2 Å². The lowest BCUT2D eigenvalue weighted by Crippen LogP contribution is -2.27. The molecular formula is C10H13ClN2O3S. The van der Waals surface area contributed by atoms with E-state index in [2.05, 4.69) is 5.32 Å². The van der Waals surface area contributed by atoms with Crippen molar-refractivity contribution in [1.29, 1.82) is 0 Å². The van der Waals surface area contributed by atoms with E-state index in [-0.39, 0.29) is 16.7 Å². The molecule has 17 heavy (non-hydrogen) atoms. The van der Waals surface area contributed by atoms with Gasteiger partial charge in [0.25, 0.3) is 0 Å². The smallest absolute Gasteiger partial charge is 0.238 e. The summed E-state index contributed by atoms with van der Waals surface area (Å²) in [4.78, 5) is 11.0. The summed E-state index contributed by atoms with van der Waals surface area (Å²) in [7, 11) is -3.73. The molecule has 1 aromatic carbocycles. The summed E-state index contributed by atoms with van der Waals surface area (Å²) < 4.78 is 22.6. The van der Waals surface area contributed by atoms with E-state index in [4.69, 9.17) is 16.7 Å². The lowest BCUT2D eigenvalue weighted by molar-refractivity contribution is -0.118. The second-order valence-electron chi connectivity index (χ2n) is 3.39. The fraction of sp³-hybridized carbons (Fsp3) is 0.300. The molecule has 7 heteroatoms. The number of carbonyl (C=O) groups is 1. The van der Waals surface area contributed by atoms with Crippen LogP contribution in [0.15, 0.2) is 29.2 Å². The second kappa shape index (κ2) is 6.00. The predicted molar refractivity (Wildman–Crippen MR) is 65.2 cm³/mol. The number of benzene rings is 1. The van der Waals surface area contributed by atoms with Crippen LogP contribution in [0.2, 0.25) is 0 Å². The van der Waals surface area contributed by atoms with Gasteiger partial charge in [0, 0.05) is 6.54 Å². The largest absolute Gasteiger partial charge is 0.355 e. The third kappa shape index (κ3) is 4.33. The first-order chi connectivity index (χ1) is 7.95. The number of amides is 1. The van der Waals surface area contributed by atoms with Crippen LogP contribution in [0.3, 0.4) is 0 Å². The van der Waals surface area contributed by atoms with E-state index >= 15 is 0 Å². The Labute approximate surface area is 105 Å². The molecule has 1 amide bonds. The Kier molecular flexibility index (Phi) is 4.92. The van der Waals surface area contributed by atoms with Gasteiger partial charge in [-0.2, -0.15) is 0 Å². The Morgan fingerprint density at radius 3 is 2.59 bits per heavy atom. The number of hydrogen-bond donors (Lipinski definition) is 2. The first kappa shape index (κ1) is 14.0. The summed E-state index contributed by atoms with van der Waals surface area (Å²) in [6.07, 6.45) is 0.384. The summed E-state index contributed by atoms with van der Waals surface area (Å²) in [5.41, 5.74) is 0.574. The Balaban J connectivity index is 2.75. The highest BCUT2D eigenvalue weighted by Crippen LogP contribution is 2.13. The first-order valence-electron chi connectivity index (χ1n) is 4.88. The lowest BCUT2D eigenvalue weighted by Gasteiger charge is -2.07. The van der Waals surface area contributed by atoms with Crippen LogP contribution in [0.5, 0.6) is 0 Å². The lowest BCUT2D eigenvalue weighted by atomic mass is 10.1. The molecule has 94 valence electrons. The number of nitrogens with one attached hydrogen (secondary N) is 1. The molecule has 0 saturated carbocycles. The van der Waals surface area contributed by atoms with Gasteiger partial charge in [-0.15, -0.1) is 11.6 Å². The van der Waals surface area contributed by atoms with Gasteiger partial charge < -0.3 is 5.32 Å². The molecule has 3 N–H and O–H groups in total. The van der Waals surface area contributed by atoms with Crippen LogP contribution in [-0.2, 0) is 21.2 Å². The zero-order valence-corrected chi connectivity index (χ0v) is 10.6. The zero-order valence-electron chi connectivity index (χ0n) is 9.02. The van der Waals surface area contributed by atoms with Crippen LogP contribution in [0.1, 0.15) is 5.56 Å². The van der Waals surface area contributed by atoms with Gasteiger partial charge in [0.2, 0.25) is 15.9 Å². The number of primary sulfonamides is 1. The number of halogens is 1. The Morgan fingerprint density at radius 1 is 1.35 bits per heavy atom. The van der Waals surface area contributed by atoms with Gasteiger partial charge in [-0.1, -0.05) is 18.2 Å². The molecule has 1 rings (SSSR count). The molecule has 0 heterocycles. The minimum Gasteiger partial charge on any atom is -0.355 e. The maximum absolute atomic E-state index is 11.3. The highest BCUT2D eigenvalue weighted by Gasteiger charge is 2.12. The molecule has 0 aliphatic rings. The molecule has 0 radical (unpaired) electrons.